The molecule has 0 N–H and O–H groups in total. The van der Waals surface area contributed by atoms with E-state index >= 15 is 0 Å². The van der Waals surface area contributed by atoms with Crippen LogP contribution in [0.3, 0.4) is 0 Å². The molecule has 0 bridgehead atoms. The molecule has 1 unspecified atom stereocenters. The standard InChI is InChI=1S/C29H33N7S.C2H4O/c1-5-10-25(12-8-9-14-34(3)4)36-21(2)26(19-33-36)23-15-28(29-24(17-31)18-32-35(29)20-23)37-27-13-7-6-11-22(27)16-30;1-2-3/h6-7,11,13,15,18-20,25H,5,8-10,12,14H2,1-4H3;2H,1H3. The number of benzene rings is 1. The number of aromatic nitrogens is 4. The van der Waals surface area contributed by atoms with Crippen LogP contribution in [0.2, 0.25) is 0 Å². The second kappa shape index (κ2) is 15.0. The van der Waals surface area contributed by atoms with Crippen LogP contribution >= 0.6 is 11.8 Å². The number of nitriles is 2. The molecular formula is C31H37N7OS. The predicted octanol–water partition coefficient (Wildman–Crippen LogP) is 6.68. The summed E-state index contributed by atoms with van der Waals surface area (Å²) in [4.78, 5) is 12.8. The van der Waals surface area contributed by atoms with Crippen molar-refractivity contribution in [2.75, 3.05) is 20.6 Å². The summed E-state index contributed by atoms with van der Waals surface area (Å²) >= 11 is 1.49. The van der Waals surface area contributed by atoms with Gasteiger partial charge in [-0.1, -0.05) is 43.7 Å². The number of carbonyl (C=O) groups excluding carboxylic acids is 1. The van der Waals surface area contributed by atoms with E-state index in [0.717, 1.165) is 64.2 Å². The van der Waals surface area contributed by atoms with Gasteiger partial charge in [0, 0.05) is 32.8 Å². The topological polar surface area (TPSA) is 103 Å². The molecule has 3 aromatic heterocycles. The van der Waals surface area contributed by atoms with Crippen molar-refractivity contribution in [1.29, 1.82) is 10.5 Å². The lowest BCUT2D eigenvalue weighted by Crippen LogP contribution is -2.15. The molecule has 0 amide bonds. The molecule has 0 saturated heterocycles. The van der Waals surface area contributed by atoms with Gasteiger partial charge in [-0.3, -0.25) is 4.68 Å². The van der Waals surface area contributed by atoms with E-state index in [1.54, 1.807) is 10.7 Å². The fourth-order valence-corrected chi connectivity index (χ4v) is 5.86. The van der Waals surface area contributed by atoms with E-state index in [9.17, 15) is 10.5 Å². The maximum atomic E-state index is 9.70. The minimum absolute atomic E-state index is 0.371. The molecule has 4 rings (SSSR count). The maximum Gasteiger partial charge on any atom is 0.116 e. The van der Waals surface area contributed by atoms with E-state index in [1.165, 1.54) is 31.5 Å². The van der Waals surface area contributed by atoms with Gasteiger partial charge in [0.25, 0.3) is 0 Å². The molecule has 208 valence electrons. The lowest BCUT2D eigenvalue weighted by Gasteiger charge is -2.20. The summed E-state index contributed by atoms with van der Waals surface area (Å²) in [7, 11) is 4.24. The molecule has 0 radical (unpaired) electrons. The van der Waals surface area contributed by atoms with Crippen LogP contribution in [-0.4, -0.2) is 51.2 Å². The smallest absolute Gasteiger partial charge is 0.116 e. The molecule has 1 aromatic carbocycles. The average Bonchev–Trinajstić information content (AvgIpc) is 3.54. The van der Waals surface area contributed by atoms with Crippen molar-refractivity contribution < 1.29 is 4.79 Å². The minimum Gasteiger partial charge on any atom is -0.309 e. The van der Waals surface area contributed by atoms with Crippen molar-refractivity contribution >= 4 is 23.6 Å². The Labute approximate surface area is 241 Å². The zero-order valence-electron chi connectivity index (χ0n) is 24.0. The summed E-state index contributed by atoms with van der Waals surface area (Å²) < 4.78 is 3.97. The minimum atomic E-state index is 0.371. The number of nitrogens with zero attached hydrogens (tertiary/aromatic N) is 7. The highest BCUT2D eigenvalue weighted by Crippen LogP contribution is 2.38. The van der Waals surface area contributed by atoms with Crippen LogP contribution in [0.25, 0.3) is 16.6 Å². The summed E-state index contributed by atoms with van der Waals surface area (Å²) in [6, 6.07) is 14.5. The monoisotopic (exact) mass is 555 g/mol. The van der Waals surface area contributed by atoms with E-state index in [4.69, 9.17) is 9.89 Å². The highest BCUT2D eigenvalue weighted by Gasteiger charge is 2.20. The van der Waals surface area contributed by atoms with Gasteiger partial charge in [0.2, 0.25) is 0 Å². The number of hydrogen-bond donors (Lipinski definition) is 0. The first-order valence-electron chi connectivity index (χ1n) is 13.6. The van der Waals surface area contributed by atoms with Gasteiger partial charge in [-0.25, -0.2) is 4.52 Å². The Bertz CT molecular complexity index is 1510. The predicted molar refractivity (Wildman–Crippen MR) is 159 cm³/mol. The van der Waals surface area contributed by atoms with Crippen LogP contribution < -0.4 is 0 Å². The molecular weight excluding hydrogens is 518 g/mol. The molecule has 40 heavy (non-hydrogen) atoms. The van der Waals surface area contributed by atoms with Crippen molar-refractivity contribution in [2.24, 2.45) is 0 Å². The molecule has 0 aliphatic rings. The third-order valence-corrected chi connectivity index (χ3v) is 7.75. The first-order chi connectivity index (χ1) is 19.4. The fraction of sp³-hybridized carbons (Fsp3) is 0.387. The van der Waals surface area contributed by atoms with Crippen LogP contribution in [0.4, 0.5) is 0 Å². The molecule has 9 heteroatoms. The number of pyridine rings is 1. The molecule has 0 saturated carbocycles. The van der Waals surface area contributed by atoms with Gasteiger partial charge in [-0.2, -0.15) is 20.7 Å². The zero-order chi connectivity index (χ0) is 29.1. The van der Waals surface area contributed by atoms with Crippen LogP contribution in [0.15, 0.2) is 58.7 Å². The number of carbonyl (C=O) groups is 1. The van der Waals surface area contributed by atoms with E-state index in [1.807, 2.05) is 36.7 Å². The van der Waals surface area contributed by atoms with Gasteiger partial charge in [0.1, 0.15) is 18.4 Å². The van der Waals surface area contributed by atoms with Crippen molar-refractivity contribution in [3.8, 4) is 23.3 Å². The van der Waals surface area contributed by atoms with E-state index < -0.39 is 0 Å². The van der Waals surface area contributed by atoms with Crippen molar-refractivity contribution in [2.45, 2.75) is 68.7 Å². The van der Waals surface area contributed by atoms with Crippen molar-refractivity contribution in [3.63, 3.8) is 0 Å². The largest absolute Gasteiger partial charge is 0.309 e. The molecule has 0 fully saturated rings. The fourth-order valence-electron chi connectivity index (χ4n) is 4.76. The summed E-state index contributed by atoms with van der Waals surface area (Å²) in [6.07, 6.45) is 11.9. The van der Waals surface area contributed by atoms with E-state index in [2.05, 4.69) is 60.8 Å². The van der Waals surface area contributed by atoms with E-state index in [0.29, 0.717) is 17.2 Å². The van der Waals surface area contributed by atoms with Gasteiger partial charge in [-0.15, -0.1) is 0 Å². The van der Waals surface area contributed by atoms with Crippen LogP contribution in [0.1, 0.15) is 68.8 Å². The van der Waals surface area contributed by atoms with Crippen LogP contribution in [-0.2, 0) is 4.79 Å². The quantitative estimate of drug-likeness (QED) is 0.150. The van der Waals surface area contributed by atoms with Gasteiger partial charge < -0.3 is 9.69 Å². The molecule has 3 heterocycles. The molecule has 0 spiro atoms. The second-order valence-corrected chi connectivity index (χ2v) is 10.9. The Morgan fingerprint density at radius 1 is 1.05 bits per heavy atom. The highest BCUT2D eigenvalue weighted by molar-refractivity contribution is 7.99. The molecule has 8 nitrogen and oxygen atoms in total. The summed E-state index contributed by atoms with van der Waals surface area (Å²) in [5.41, 5.74) is 5.04. The third kappa shape index (κ3) is 7.38. The van der Waals surface area contributed by atoms with Gasteiger partial charge in [0.05, 0.1) is 35.1 Å². The average molecular weight is 556 g/mol. The Hall–Kier alpha value is -3.92. The Kier molecular flexibility index (Phi) is 11.5. The van der Waals surface area contributed by atoms with Gasteiger partial charge in [0.15, 0.2) is 0 Å². The molecule has 1 atom stereocenters. The first kappa shape index (κ1) is 30.6. The number of fused-ring (bicyclic) bond motifs is 1. The first-order valence-corrected chi connectivity index (χ1v) is 14.4. The summed E-state index contributed by atoms with van der Waals surface area (Å²) in [6.45, 7) is 6.91. The number of hydrogen-bond acceptors (Lipinski definition) is 7. The second-order valence-electron chi connectivity index (χ2n) is 9.83. The Balaban J connectivity index is 0.00000141. The third-order valence-electron chi connectivity index (χ3n) is 6.64. The lowest BCUT2D eigenvalue weighted by atomic mass is 10.0. The zero-order valence-corrected chi connectivity index (χ0v) is 24.8. The van der Waals surface area contributed by atoms with Crippen molar-refractivity contribution in [1.82, 2.24) is 24.3 Å². The number of rotatable bonds is 11. The van der Waals surface area contributed by atoms with Crippen molar-refractivity contribution in [3.05, 3.63) is 65.7 Å². The SMILES string of the molecule is CC=O.CCCC(CCCCN(C)C)n1ncc(-c2cc(Sc3ccccc3C#N)c3c(C#N)cnn3c2)c1C. The van der Waals surface area contributed by atoms with Crippen LogP contribution in [0.5, 0.6) is 0 Å². The number of unbranched alkanes of at least 4 members (excludes halogenated alkanes) is 1. The lowest BCUT2D eigenvalue weighted by molar-refractivity contribution is -0.106. The van der Waals surface area contributed by atoms with E-state index in [-0.39, 0.29) is 0 Å². The molecule has 0 aliphatic carbocycles. The maximum absolute atomic E-state index is 9.70. The summed E-state index contributed by atoms with van der Waals surface area (Å²) in [5.74, 6) is 0. The Morgan fingerprint density at radius 2 is 1.77 bits per heavy atom. The van der Waals surface area contributed by atoms with Gasteiger partial charge in [-0.05, 0) is 71.9 Å². The number of aldehydes is 1. The van der Waals surface area contributed by atoms with Gasteiger partial charge >= 0.3 is 0 Å². The molecule has 4 aromatic rings. The molecule has 0 aliphatic heterocycles. The Morgan fingerprint density at radius 3 is 2.45 bits per heavy atom. The highest BCUT2D eigenvalue weighted by atomic mass is 32.2. The normalized spacial score (nSPS) is 11.5. The van der Waals surface area contributed by atoms with Crippen LogP contribution in [0, 0.1) is 29.6 Å². The summed E-state index contributed by atoms with van der Waals surface area (Å²) in [5, 5.41) is 28.6.